The van der Waals surface area contributed by atoms with E-state index in [4.69, 9.17) is 5.73 Å². The Morgan fingerprint density at radius 1 is 1.26 bits per heavy atom. The standard InChI is InChI=1S/C13H15N3O3/c1-13(2,15-3)12(19)16-10(17)7-5-4-6-8(14)9(7)11(16)18/h4-6,15H,14H2,1-3H3. The minimum Gasteiger partial charge on any atom is -0.398 e. The Hall–Kier alpha value is -2.21. The molecule has 0 spiro atoms. The zero-order chi connectivity index (χ0) is 14.4. The van der Waals surface area contributed by atoms with Crippen LogP contribution in [0.5, 0.6) is 0 Å². The number of carbonyl (C=O) groups excluding carboxylic acids is 3. The zero-order valence-corrected chi connectivity index (χ0v) is 11.0. The minimum atomic E-state index is -1.01. The summed E-state index contributed by atoms with van der Waals surface area (Å²) in [7, 11) is 1.59. The van der Waals surface area contributed by atoms with E-state index < -0.39 is 23.3 Å². The van der Waals surface area contributed by atoms with Gasteiger partial charge in [0.15, 0.2) is 0 Å². The van der Waals surface area contributed by atoms with Crippen LogP contribution in [0, 0.1) is 0 Å². The molecule has 0 aromatic heterocycles. The second kappa shape index (κ2) is 4.17. The molecule has 2 rings (SSSR count). The molecule has 1 aliphatic heterocycles. The van der Waals surface area contributed by atoms with Crippen molar-refractivity contribution in [2.75, 3.05) is 12.8 Å². The molecule has 0 atom stereocenters. The quantitative estimate of drug-likeness (QED) is 0.593. The van der Waals surface area contributed by atoms with Gasteiger partial charge >= 0.3 is 0 Å². The Kier molecular flexibility index (Phi) is 2.90. The first-order valence-electron chi connectivity index (χ1n) is 5.82. The second-order valence-corrected chi connectivity index (χ2v) is 4.90. The average Bonchev–Trinajstić information content (AvgIpc) is 2.62. The number of rotatable bonds is 2. The van der Waals surface area contributed by atoms with Gasteiger partial charge in [-0.2, -0.15) is 0 Å². The highest BCUT2D eigenvalue weighted by molar-refractivity contribution is 6.31. The summed E-state index contributed by atoms with van der Waals surface area (Å²) in [5.74, 6) is -1.88. The van der Waals surface area contributed by atoms with Gasteiger partial charge in [-0.25, -0.2) is 4.90 Å². The number of amides is 3. The Morgan fingerprint density at radius 3 is 2.42 bits per heavy atom. The number of fused-ring (bicyclic) bond motifs is 1. The SMILES string of the molecule is CNC(C)(C)C(=O)N1C(=O)c2cccc(N)c2C1=O. The van der Waals surface area contributed by atoms with Gasteiger partial charge < -0.3 is 11.1 Å². The maximum absolute atomic E-state index is 12.3. The van der Waals surface area contributed by atoms with Gasteiger partial charge in [0.05, 0.1) is 16.7 Å². The van der Waals surface area contributed by atoms with Gasteiger partial charge in [0, 0.05) is 5.69 Å². The summed E-state index contributed by atoms with van der Waals surface area (Å²) in [6, 6.07) is 4.60. The lowest BCUT2D eigenvalue weighted by molar-refractivity contribution is -0.131. The molecule has 0 unspecified atom stereocenters. The third-order valence-corrected chi connectivity index (χ3v) is 3.31. The number of likely N-dealkylation sites (N-methyl/N-ethyl adjacent to an activating group) is 1. The Morgan fingerprint density at radius 2 is 1.89 bits per heavy atom. The number of hydrogen-bond donors (Lipinski definition) is 2. The largest absolute Gasteiger partial charge is 0.398 e. The van der Waals surface area contributed by atoms with Crippen LogP contribution in [0.3, 0.4) is 0 Å². The molecule has 6 heteroatoms. The number of hydrogen-bond acceptors (Lipinski definition) is 5. The average molecular weight is 261 g/mol. The summed E-state index contributed by atoms with van der Waals surface area (Å²) in [5, 5.41) is 2.77. The van der Waals surface area contributed by atoms with E-state index in [2.05, 4.69) is 5.32 Å². The van der Waals surface area contributed by atoms with Crippen molar-refractivity contribution in [2.45, 2.75) is 19.4 Å². The van der Waals surface area contributed by atoms with Gasteiger partial charge in [0.1, 0.15) is 0 Å². The molecule has 0 radical (unpaired) electrons. The fourth-order valence-corrected chi connectivity index (χ4v) is 1.88. The Bertz CT molecular complexity index is 593. The van der Waals surface area contributed by atoms with E-state index in [1.54, 1.807) is 27.0 Å². The number of nitrogen functional groups attached to an aromatic ring is 1. The molecule has 3 amide bonds. The lowest BCUT2D eigenvalue weighted by atomic mass is 10.0. The van der Waals surface area contributed by atoms with Crippen LogP contribution in [0.4, 0.5) is 5.69 Å². The number of benzene rings is 1. The monoisotopic (exact) mass is 261 g/mol. The summed E-state index contributed by atoms with van der Waals surface area (Å²) in [6.45, 7) is 3.20. The van der Waals surface area contributed by atoms with Crippen molar-refractivity contribution in [1.82, 2.24) is 10.2 Å². The predicted octanol–water partition coefficient (Wildman–Crippen LogP) is 0.389. The highest BCUT2D eigenvalue weighted by atomic mass is 16.2. The van der Waals surface area contributed by atoms with Gasteiger partial charge in [-0.15, -0.1) is 0 Å². The molecule has 19 heavy (non-hydrogen) atoms. The number of nitrogens with zero attached hydrogens (tertiary/aromatic N) is 1. The minimum absolute atomic E-state index is 0.104. The van der Waals surface area contributed by atoms with E-state index in [0.29, 0.717) is 4.90 Å². The molecule has 0 fully saturated rings. The van der Waals surface area contributed by atoms with E-state index in [1.807, 2.05) is 0 Å². The fraction of sp³-hybridized carbons (Fsp3) is 0.308. The van der Waals surface area contributed by atoms with Crippen LogP contribution in [0.2, 0.25) is 0 Å². The van der Waals surface area contributed by atoms with Crippen molar-refractivity contribution in [3.63, 3.8) is 0 Å². The molecule has 1 aromatic carbocycles. The van der Waals surface area contributed by atoms with Crippen molar-refractivity contribution in [3.8, 4) is 0 Å². The number of imide groups is 3. The molecule has 1 aromatic rings. The number of anilines is 1. The van der Waals surface area contributed by atoms with Gasteiger partial charge in [-0.1, -0.05) is 6.07 Å². The van der Waals surface area contributed by atoms with E-state index in [0.717, 1.165) is 0 Å². The highest BCUT2D eigenvalue weighted by Gasteiger charge is 2.45. The van der Waals surface area contributed by atoms with Crippen LogP contribution in [0.1, 0.15) is 34.6 Å². The molecule has 1 heterocycles. The number of nitrogens with two attached hydrogens (primary N) is 1. The van der Waals surface area contributed by atoms with E-state index in [-0.39, 0.29) is 16.8 Å². The number of carbonyl (C=O) groups is 3. The van der Waals surface area contributed by atoms with Crippen LogP contribution >= 0.6 is 0 Å². The molecule has 3 N–H and O–H groups in total. The molecule has 6 nitrogen and oxygen atoms in total. The molecule has 0 saturated carbocycles. The highest BCUT2D eigenvalue weighted by Crippen LogP contribution is 2.29. The fourth-order valence-electron chi connectivity index (χ4n) is 1.88. The third kappa shape index (κ3) is 1.80. The van der Waals surface area contributed by atoms with E-state index >= 15 is 0 Å². The van der Waals surface area contributed by atoms with Crippen molar-refractivity contribution in [2.24, 2.45) is 0 Å². The first kappa shape index (κ1) is 13.2. The van der Waals surface area contributed by atoms with Gasteiger partial charge in [-0.05, 0) is 33.0 Å². The summed E-state index contributed by atoms with van der Waals surface area (Å²) in [5.41, 5.74) is 5.17. The predicted molar refractivity (Wildman–Crippen MR) is 69.5 cm³/mol. The van der Waals surface area contributed by atoms with Crippen molar-refractivity contribution >= 4 is 23.4 Å². The van der Waals surface area contributed by atoms with E-state index in [1.165, 1.54) is 12.1 Å². The molecule has 100 valence electrons. The first-order valence-corrected chi connectivity index (χ1v) is 5.82. The van der Waals surface area contributed by atoms with E-state index in [9.17, 15) is 14.4 Å². The van der Waals surface area contributed by atoms with Crippen molar-refractivity contribution < 1.29 is 14.4 Å². The molecule has 1 aliphatic rings. The topological polar surface area (TPSA) is 92.5 Å². The van der Waals surface area contributed by atoms with Crippen LogP contribution in [0.25, 0.3) is 0 Å². The second-order valence-electron chi connectivity index (χ2n) is 4.90. The van der Waals surface area contributed by atoms with Crippen molar-refractivity contribution in [1.29, 1.82) is 0 Å². The van der Waals surface area contributed by atoms with Crippen LogP contribution in [-0.4, -0.2) is 35.2 Å². The maximum Gasteiger partial charge on any atom is 0.270 e. The summed E-state index contributed by atoms with van der Waals surface area (Å²) in [6.07, 6.45) is 0. The van der Waals surface area contributed by atoms with Gasteiger partial charge in [-0.3, -0.25) is 14.4 Å². The molecular weight excluding hydrogens is 246 g/mol. The molecule has 0 bridgehead atoms. The summed E-state index contributed by atoms with van der Waals surface area (Å²) < 4.78 is 0. The molecule has 0 aliphatic carbocycles. The van der Waals surface area contributed by atoms with Crippen LogP contribution < -0.4 is 11.1 Å². The summed E-state index contributed by atoms with van der Waals surface area (Å²) in [4.78, 5) is 37.3. The number of nitrogens with one attached hydrogen (secondary N) is 1. The van der Waals surface area contributed by atoms with Crippen LogP contribution in [-0.2, 0) is 4.79 Å². The Labute approximate surface area is 110 Å². The maximum atomic E-state index is 12.3. The van der Waals surface area contributed by atoms with Crippen molar-refractivity contribution in [3.05, 3.63) is 29.3 Å². The lowest BCUT2D eigenvalue weighted by Crippen LogP contribution is -2.54. The third-order valence-electron chi connectivity index (χ3n) is 3.31. The molecular formula is C13H15N3O3. The zero-order valence-electron chi connectivity index (χ0n) is 11.0. The lowest BCUT2D eigenvalue weighted by Gasteiger charge is -2.26. The normalized spacial score (nSPS) is 14.8. The Balaban J connectivity index is 2.50. The van der Waals surface area contributed by atoms with Gasteiger partial charge in [0.2, 0.25) is 0 Å². The van der Waals surface area contributed by atoms with Crippen LogP contribution in [0.15, 0.2) is 18.2 Å². The molecule has 0 saturated heterocycles. The summed E-state index contributed by atoms with van der Waals surface area (Å²) >= 11 is 0. The first-order chi connectivity index (χ1) is 8.81. The van der Waals surface area contributed by atoms with Gasteiger partial charge in [0.25, 0.3) is 17.7 Å². The smallest absolute Gasteiger partial charge is 0.270 e.